The Bertz CT molecular complexity index is 1430. The molecule has 0 spiro atoms. The number of H-pyrrole nitrogens is 1. The minimum absolute atomic E-state index is 0.0672. The lowest BCUT2D eigenvalue weighted by molar-refractivity contribution is -0.122. The van der Waals surface area contributed by atoms with Crippen LogP contribution in [0, 0.1) is 0 Å². The molecule has 1 aromatic heterocycles. The Morgan fingerprint density at radius 3 is 2.60 bits per heavy atom. The standard InChI is InChI=1S/C28H25N3O3S/c1-33-22-13-12-19(25(17-22)34-2)16-26-27(32)31(28(35-26)30-21-8-4-3-5-9-21)15-14-20-18-29-24-11-7-6-10-23(20)24/h3-13,16-18,29H,14-15H2,1-2H3/b26-16+,30-28?. The first kappa shape index (κ1) is 22.8. The summed E-state index contributed by atoms with van der Waals surface area (Å²) in [7, 11) is 3.22. The molecule has 1 amide bonds. The number of methoxy groups -OCH3 is 2. The number of aromatic amines is 1. The van der Waals surface area contributed by atoms with Gasteiger partial charge in [0.1, 0.15) is 11.5 Å². The number of carbonyl (C=O) groups excluding carboxylic acids is 1. The quantitative estimate of drug-likeness (QED) is 0.326. The molecular weight excluding hydrogens is 458 g/mol. The van der Waals surface area contributed by atoms with Crippen LogP contribution in [0.3, 0.4) is 0 Å². The van der Waals surface area contributed by atoms with Crippen LogP contribution in [0.2, 0.25) is 0 Å². The number of nitrogens with zero attached hydrogens (tertiary/aromatic N) is 2. The number of carbonyl (C=O) groups is 1. The fourth-order valence-corrected chi connectivity index (χ4v) is 5.07. The van der Waals surface area contributed by atoms with Gasteiger partial charge in [-0.2, -0.15) is 0 Å². The second kappa shape index (κ2) is 10.1. The van der Waals surface area contributed by atoms with Gasteiger partial charge in [0.05, 0.1) is 24.8 Å². The third-order valence-electron chi connectivity index (χ3n) is 5.88. The monoisotopic (exact) mass is 483 g/mol. The molecular formula is C28H25N3O3S. The van der Waals surface area contributed by atoms with Crippen molar-refractivity contribution in [3.05, 3.63) is 95.0 Å². The highest BCUT2D eigenvalue weighted by Gasteiger charge is 2.33. The van der Waals surface area contributed by atoms with Crippen LogP contribution in [0.25, 0.3) is 17.0 Å². The number of fused-ring (bicyclic) bond motifs is 1. The summed E-state index contributed by atoms with van der Waals surface area (Å²) in [4.78, 5) is 24.0. The number of ether oxygens (including phenoxy) is 2. The molecule has 0 bridgehead atoms. The maximum absolute atomic E-state index is 13.5. The van der Waals surface area contributed by atoms with Crippen molar-refractivity contribution in [3.8, 4) is 11.5 Å². The Labute approximate surface area is 208 Å². The summed E-state index contributed by atoms with van der Waals surface area (Å²) in [5.74, 6) is 1.27. The van der Waals surface area contributed by atoms with Crippen molar-refractivity contribution >= 4 is 45.5 Å². The fourth-order valence-electron chi connectivity index (χ4n) is 4.05. The van der Waals surface area contributed by atoms with E-state index >= 15 is 0 Å². The Kier molecular flexibility index (Phi) is 6.59. The van der Waals surface area contributed by atoms with E-state index in [0.717, 1.165) is 16.8 Å². The van der Waals surface area contributed by atoms with E-state index in [2.05, 4.69) is 17.1 Å². The van der Waals surface area contributed by atoms with Gasteiger partial charge in [-0.1, -0.05) is 36.4 Å². The minimum Gasteiger partial charge on any atom is -0.497 e. The molecule has 5 rings (SSSR count). The first-order valence-corrected chi connectivity index (χ1v) is 12.1. The van der Waals surface area contributed by atoms with Crippen LogP contribution >= 0.6 is 11.8 Å². The van der Waals surface area contributed by atoms with Crippen LogP contribution < -0.4 is 9.47 Å². The average Bonchev–Trinajstić information content (AvgIpc) is 3.44. The van der Waals surface area contributed by atoms with Crippen molar-refractivity contribution in [1.29, 1.82) is 0 Å². The number of hydrogen-bond donors (Lipinski definition) is 1. The maximum atomic E-state index is 13.5. The van der Waals surface area contributed by atoms with E-state index in [1.54, 1.807) is 19.1 Å². The van der Waals surface area contributed by atoms with Gasteiger partial charge in [0.25, 0.3) is 5.91 Å². The number of benzene rings is 3. The van der Waals surface area contributed by atoms with E-state index in [1.165, 1.54) is 22.7 Å². The SMILES string of the molecule is COc1ccc(/C=C2/SC(=Nc3ccccc3)N(CCc3c[nH]c4ccccc34)C2=O)c(OC)c1. The summed E-state index contributed by atoms with van der Waals surface area (Å²) in [6.07, 6.45) is 4.59. The minimum atomic E-state index is -0.0672. The summed E-state index contributed by atoms with van der Waals surface area (Å²) in [5.41, 5.74) is 3.88. The topological polar surface area (TPSA) is 66.9 Å². The van der Waals surface area contributed by atoms with E-state index in [4.69, 9.17) is 14.5 Å². The van der Waals surface area contributed by atoms with Crippen LogP contribution in [0.5, 0.6) is 11.5 Å². The first-order chi connectivity index (χ1) is 17.2. The number of hydrogen-bond acceptors (Lipinski definition) is 5. The number of nitrogens with one attached hydrogen (secondary N) is 1. The van der Waals surface area contributed by atoms with Crippen LogP contribution in [0.4, 0.5) is 5.69 Å². The molecule has 0 atom stereocenters. The zero-order valence-electron chi connectivity index (χ0n) is 19.5. The lowest BCUT2D eigenvalue weighted by Gasteiger charge is -2.15. The number of para-hydroxylation sites is 2. The number of aliphatic imine (C=N–C) groups is 1. The lowest BCUT2D eigenvalue weighted by Crippen LogP contribution is -2.31. The molecule has 7 heteroatoms. The molecule has 1 fully saturated rings. The number of amides is 1. The van der Waals surface area contributed by atoms with Crippen molar-refractivity contribution in [2.75, 3.05) is 20.8 Å². The van der Waals surface area contributed by atoms with Crippen molar-refractivity contribution in [2.24, 2.45) is 4.99 Å². The summed E-state index contributed by atoms with van der Waals surface area (Å²) >= 11 is 1.38. The van der Waals surface area contributed by atoms with Crippen molar-refractivity contribution in [2.45, 2.75) is 6.42 Å². The third-order valence-corrected chi connectivity index (χ3v) is 6.88. The van der Waals surface area contributed by atoms with E-state index in [1.807, 2.05) is 72.9 Å². The number of aromatic nitrogens is 1. The Morgan fingerprint density at radius 2 is 1.80 bits per heavy atom. The fraction of sp³-hybridized carbons (Fsp3) is 0.143. The summed E-state index contributed by atoms with van der Waals surface area (Å²) < 4.78 is 10.8. The Balaban J connectivity index is 1.47. The van der Waals surface area contributed by atoms with E-state index < -0.39 is 0 Å². The van der Waals surface area contributed by atoms with Crippen LogP contribution in [-0.4, -0.2) is 41.7 Å². The molecule has 35 heavy (non-hydrogen) atoms. The molecule has 0 radical (unpaired) electrons. The summed E-state index contributed by atoms with van der Waals surface area (Å²) in [6.45, 7) is 0.524. The summed E-state index contributed by atoms with van der Waals surface area (Å²) in [5, 5.41) is 1.84. The molecule has 3 aromatic carbocycles. The highest BCUT2D eigenvalue weighted by Crippen LogP contribution is 2.36. The van der Waals surface area contributed by atoms with Crippen LogP contribution in [-0.2, 0) is 11.2 Å². The zero-order chi connectivity index (χ0) is 24.2. The van der Waals surface area contributed by atoms with Gasteiger partial charge in [-0.3, -0.25) is 9.69 Å². The second-order valence-corrected chi connectivity index (χ2v) is 9.02. The van der Waals surface area contributed by atoms with Gasteiger partial charge in [-0.25, -0.2) is 4.99 Å². The van der Waals surface area contributed by atoms with Gasteiger partial charge in [-0.15, -0.1) is 0 Å². The number of thioether (sulfide) groups is 1. The van der Waals surface area contributed by atoms with Crippen LogP contribution in [0.1, 0.15) is 11.1 Å². The maximum Gasteiger partial charge on any atom is 0.266 e. The van der Waals surface area contributed by atoms with Gasteiger partial charge in [0.2, 0.25) is 0 Å². The molecule has 0 aliphatic carbocycles. The average molecular weight is 484 g/mol. The van der Waals surface area contributed by atoms with Crippen molar-refractivity contribution < 1.29 is 14.3 Å². The van der Waals surface area contributed by atoms with Gasteiger partial charge in [0, 0.05) is 35.3 Å². The Morgan fingerprint density at radius 1 is 1.00 bits per heavy atom. The molecule has 6 nitrogen and oxygen atoms in total. The molecule has 1 aliphatic heterocycles. The molecule has 1 aliphatic rings. The van der Waals surface area contributed by atoms with E-state index in [0.29, 0.717) is 34.5 Å². The predicted molar refractivity (Wildman–Crippen MR) is 142 cm³/mol. The highest BCUT2D eigenvalue weighted by atomic mass is 32.2. The van der Waals surface area contributed by atoms with Crippen molar-refractivity contribution in [3.63, 3.8) is 0 Å². The number of amidine groups is 1. The predicted octanol–water partition coefficient (Wildman–Crippen LogP) is 6.03. The normalized spacial score (nSPS) is 15.9. The summed E-state index contributed by atoms with van der Waals surface area (Å²) in [6, 6.07) is 23.5. The van der Waals surface area contributed by atoms with E-state index in [-0.39, 0.29) is 5.91 Å². The van der Waals surface area contributed by atoms with Crippen LogP contribution in [0.15, 0.2) is 88.9 Å². The Hall–Kier alpha value is -3.97. The smallest absolute Gasteiger partial charge is 0.266 e. The first-order valence-electron chi connectivity index (χ1n) is 11.3. The molecule has 0 saturated carbocycles. The van der Waals surface area contributed by atoms with Crippen molar-refractivity contribution in [1.82, 2.24) is 9.88 Å². The van der Waals surface area contributed by atoms with Gasteiger partial charge < -0.3 is 14.5 Å². The molecule has 4 aromatic rings. The molecule has 176 valence electrons. The van der Waals surface area contributed by atoms with Gasteiger partial charge >= 0.3 is 0 Å². The molecule has 1 saturated heterocycles. The second-order valence-electron chi connectivity index (χ2n) is 8.01. The molecule has 0 unspecified atom stereocenters. The lowest BCUT2D eigenvalue weighted by atomic mass is 10.1. The van der Waals surface area contributed by atoms with Gasteiger partial charge in [0.15, 0.2) is 5.17 Å². The molecule has 2 heterocycles. The van der Waals surface area contributed by atoms with E-state index in [9.17, 15) is 4.79 Å². The molecule has 1 N–H and O–H groups in total. The van der Waals surface area contributed by atoms with Gasteiger partial charge in [-0.05, 0) is 60.2 Å². The zero-order valence-corrected chi connectivity index (χ0v) is 20.3. The largest absolute Gasteiger partial charge is 0.497 e. The highest BCUT2D eigenvalue weighted by molar-refractivity contribution is 8.18. The number of rotatable bonds is 7. The third kappa shape index (κ3) is 4.81.